The summed E-state index contributed by atoms with van der Waals surface area (Å²) in [5, 5.41) is 2.84. The van der Waals surface area contributed by atoms with Crippen LogP contribution < -0.4 is 5.32 Å². The lowest BCUT2D eigenvalue weighted by molar-refractivity contribution is -0.127. The van der Waals surface area contributed by atoms with E-state index in [1.807, 2.05) is 19.1 Å². The highest BCUT2D eigenvalue weighted by Crippen LogP contribution is 2.31. The van der Waals surface area contributed by atoms with Gasteiger partial charge in [-0.2, -0.15) is 0 Å². The minimum Gasteiger partial charge on any atom is -0.355 e. The van der Waals surface area contributed by atoms with Crippen molar-refractivity contribution in [1.29, 1.82) is 0 Å². The number of benzene rings is 1. The summed E-state index contributed by atoms with van der Waals surface area (Å²) in [7, 11) is 0. The van der Waals surface area contributed by atoms with Crippen molar-refractivity contribution in [1.82, 2.24) is 10.3 Å². The first-order chi connectivity index (χ1) is 11.5. The van der Waals surface area contributed by atoms with Crippen LogP contribution in [0.25, 0.3) is 0 Å². The number of halogens is 1. The van der Waals surface area contributed by atoms with E-state index in [1.165, 1.54) is 12.1 Å². The van der Waals surface area contributed by atoms with Gasteiger partial charge in [-0.3, -0.25) is 14.6 Å². The largest absolute Gasteiger partial charge is 0.355 e. The van der Waals surface area contributed by atoms with E-state index in [0.29, 0.717) is 6.54 Å². The fourth-order valence-electron chi connectivity index (χ4n) is 3.10. The van der Waals surface area contributed by atoms with Gasteiger partial charge >= 0.3 is 0 Å². The SMILES string of the molecule is Cc1ccc([C@@H]2CNC(=O)[C@H]2CC(=O)Cc2ccc(F)cc2)cn1. The average molecular weight is 326 g/mol. The van der Waals surface area contributed by atoms with Gasteiger partial charge < -0.3 is 5.32 Å². The van der Waals surface area contributed by atoms with Crippen molar-refractivity contribution in [3.63, 3.8) is 0 Å². The van der Waals surface area contributed by atoms with Crippen LogP contribution in [-0.4, -0.2) is 23.2 Å². The van der Waals surface area contributed by atoms with Crippen LogP contribution in [0.3, 0.4) is 0 Å². The zero-order valence-electron chi connectivity index (χ0n) is 13.5. The predicted octanol–water partition coefficient (Wildman–Crippen LogP) is 2.56. The second-order valence-electron chi connectivity index (χ2n) is 6.24. The molecule has 4 nitrogen and oxygen atoms in total. The predicted molar refractivity (Wildman–Crippen MR) is 87.9 cm³/mol. The number of hydrogen-bond donors (Lipinski definition) is 1. The zero-order chi connectivity index (χ0) is 17.1. The normalized spacial score (nSPS) is 20.0. The topological polar surface area (TPSA) is 59.1 Å². The number of rotatable bonds is 5. The molecular formula is C19H19FN2O2. The van der Waals surface area contributed by atoms with E-state index in [-0.39, 0.29) is 42.2 Å². The van der Waals surface area contributed by atoms with E-state index < -0.39 is 0 Å². The van der Waals surface area contributed by atoms with Gasteiger partial charge in [0.25, 0.3) is 0 Å². The van der Waals surface area contributed by atoms with Crippen molar-refractivity contribution in [2.45, 2.75) is 25.7 Å². The molecule has 3 rings (SSSR count). The Bertz CT molecular complexity index is 741. The molecule has 1 fully saturated rings. The van der Waals surface area contributed by atoms with Crippen LogP contribution >= 0.6 is 0 Å². The van der Waals surface area contributed by atoms with Crippen molar-refractivity contribution in [2.24, 2.45) is 5.92 Å². The Kier molecular flexibility index (Phi) is 4.69. The highest BCUT2D eigenvalue weighted by molar-refractivity contribution is 5.90. The molecule has 2 atom stereocenters. The number of ketones is 1. The van der Waals surface area contributed by atoms with Crippen LogP contribution in [0.5, 0.6) is 0 Å². The number of hydrogen-bond acceptors (Lipinski definition) is 3. The minimum atomic E-state index is -0.373. The second-order valence-corrected chi connectivity index (χ2v) is 6.24. The quantitative estimate of drug-likeness (QED) is 0.919. The Morgan fingerprint density at radius 1 is 1.25 bits per heavy atom. The maximum atomic E-state index is 12.9. The molecule has 0 saturated carbocycles. The number of aryl methyl sites for hydroxylation is 1. The van der Waals surface area contributed by atoms with Gasteiger partial charge in [0.15, 0.2) is 0 Å². The van der Waals surface area contributed by atoms with Gasteiger partial charge in [-0.1, -0.05) is 18.2 Å². The number of aromatic nitrogens is 1. The van der Waals surface area contributed by atoms with E-state index >= 15 is 0 Å². The highest BCUT2D eigenvalue weighted by atomic mass is 19.1. The molecular weight excluding hydrogens is 307 g/mol. The van der Waals surface area contributed by atoms with Crippen molar-refractivity contribution < 1.29 is 14.0 Å². The minimum absolute atomic E-state index is 0.0197. The lowest BCUT2D eigenvalue weighted by atomic mass is 9.85. The summed E-state index contributed by atoms with van der Waals surface area (Å²) in [5.74, 6) is -0.847. The van der Waals surface area contributed by atoms with E-state index in [0.717, 1.165) is 16.8 Å². The van der Waals surface area contributed by atoms with E-state index in [1.54, 1.807) is 18.3 Å². The molecule has 0 radical (unpaired) electrons. The average Bonchev–Trinajstić information content (AvgIpc) is 2.91. The number of Topliss-reactive ketones (excluding diaryl/α,β-unsaturated/α-hetero) is 1. The van der Waals surface area contributed by atoms with Crippen LogP contribution in [0.15, 0.2) is 42.6 Å². The Hall–Kier alpha value is -2.56. The molecule has 0 spiro atoms. The summed E-state index contributed by atoms with van der Waals surface area (Å²) >= 11 is 0. The standard InChI is InChI=1S/C19H19FN2O2/c1-12-2-5-14(10-21-12)18-11-22-19(24)17(18)9-16(23)8-13-3-6-15(20)7-4-13/h2-7,10,17-18H,8-9,11H2,1H3,(H,22,24)/t17-,18-/m0/s1. The van der Waals surface area contributed by atoms with Gasteiger partial charge in [-0.25, -0.2) is 4.39 Å². The molecule has 1 N–H and O–H groups in total. The molecule has 0 unspecified atom stereocenters. The third-order valence-corrected chi connectivity index (χ3v) is 4.44. The Balaban J connectivity index is 1.69. The number of nitrogens with zero attached hydrogens (tertiary/aromatic N) is 1. The van der Waals surface area contributed by atoms with Gasteiger partial charge in [0, 0.05) is 37.2 Å². The van der Waals surface area contributed by atoms with E-state index in [9.17, 15) is 14.0 Å². The summed E-state index contributed by atoms with van der Waals surface area (Å²) in [6, 6.07) is 9.75. The molecule has 2 aromatic rings. The van der Waals surface area contributed by atoms with E-state index in [2.05, 4.69) is 10.3 Å². The maximum absolute atomic E-state index is 12.9. The smallest absolute Gasteiger partial charge is 0.224 e. The van der Waals surface area contributed by atoms with Crippen LogP contribution in [0.2, 0.25) is 0 Å². The Morgan fingerprint density at radius 2 is 2.00 bits per heavy atom. The van der Waals surface area contributed by atoms with Crippen molar-refractivity contribution in [2.75, 3.05) is 6.54 Å². The monoisotopic (exact) mass is 326 g/mol. The van der Waals surface area contributed by atoms with Gasteiger partial charge in [-0.15, -0.1) is 0 Å². The third-order valence-electron chi connectivity index (χ3n) is 4.44. The number of pyridine rings is 1. The van der Waals surface area contributed by atoms with Gasteiger partial charge in [0.05, 0.1) is 5.92 Å². The lowest BCUT2D eigenvalue weighted by Gasteiger charge is -2.16. The van der Waals surface area contributed by atoms with E-state index in [4.69, 9.17) is 0 Å². The molecule has 1 aromatic carbocycles. The van der Waals surface area contributed by atoms with Crippen molar-refractivity contribution >= 4 is 11.7 Å². The van der Waals surface area contributed by atoms with Crippen LogP contribution in [0.1, 0.15) is 29.2 Å². The first kappa shape index (κ1) is 16.3. The Morgan fingerprint density at radius 3 is 2.67 bits per heavy atom. The fraction of sp³-hybridized carbons (Fsp3) is 0.316. The first-order valence-corrected chi connectivity index (χ1v) is 7.99. The van der Waals surface area contributed by atoms with Crippen LogP contribution in [0.4, 0.5) is 4.39 Å². The number of amides is 1. The summed E-state index contributed by atoms with van der Waals surface area (Å²) in [6.45, 7) is 2.43. The maximum Gasteiger partial charge on any atom is 0.224 e. The molecule has 1 aliphatic heterocycles. The van der Waals surface area contributed by atoms with Gasteiger partial charge in [0.2, 0.25) is 5.91 Å². The molecule has 1 amide bonds. The molecule has 1 aliphatic rings. The van der Waals surface area contributed by atoms with Crippen molar-refractivity contribution in [3.05, 3.63) is 65.2 Å². The fourth-order valence-corrected chi connectivity index (χ4v) is 3.10. The van der Waals surface area contributed by atoms with Crippen LogP contribution in [0, 0.1) is 18.7 Å². The molecule has 0 aliphatic carbocycles. The molecule has 5 heteroatoms. The number of carbonyl (C=O) groups excluding carboxylic acids is 2. The molecule has 124 valence electrons. The second kappa shape index (κ2) is 6.91. The summed E-state index contributed by atoms with van der Waals surface area (Å²) in [4.78, 5) is 28.7. The molecule has 1 aromatic heterocycles. The van der Waals surface area contributed by atoms with Crippen molar-refractivity contribution in [3.8, 4) is 0 Å². The van der Waals surface area contributed by atoms with Gasteiger partial charge in [-0.05, 0) is 36.2 Å². The zero-order valence-corrected chi connectivity index (χ0v) is 13.5. The molecule has 2 heterocycles. The lowest BCUT2D eigenvalue weighted by Crippen LogP contribution is -2.23. The summed E-state index contributed by atoms with van der Waals surface area (Å²) in [5.41, 5.74) is 2.65. The number of nitrogens with one attached hydrogen (secondary N) is 1. The highest BCUT2D eigenvalue weighted by Gasteiger charge is 2.37. The van der Waals surface area contributed by atoms with Gasteiger partial charge in [0.1, 0.15) is 11.6 Å². The molecule has 1 saturated heterocycles. The summed E-state index contributed by atoms with van der Waals surface area (Å²) in [6.07, 6.45) is 2.17. The Labute approximate surface area is 140 Å². The van der Waals surface area contributed by atoms with Crippen LogP contribution in [-0.2, 0) is 16.0 Å². The third kappa shape index (κ3) is 3.67. The number of carbonyl (C=O) groups is 2. The molecule has 0 bridgehead atoms. The molecule has 24 heavy (non-hydrogen) atoms. The first-order valence-electron chi connectivity index (χ1n) is 7.99. The summed E-state index contributed by atoms with van der Waals surface area (Å²) < 4.78 is 12.9.